The van der Waals surface area contributed by atoms with Crippen molar-refractivity contribution in [2.24, 2.45) is 5.92 Å². The Morgan fingerprint density at radius 2 is 1.83 bits per heavy atom. The average Bonchev–Trinajstić information content (AvgIpc) is 3.20. The van der Waals surface area contributed by atoms with Crippen molar-refractivity contribution < 1.29 is 22.7 Å². The predicted octanol–water partition coefficient (Wildman–Crippen LogP) is 2.93. The van der Waals surface area contributed by atoms with Crippen LogP contribution < -0.4 is 14.8 Å². The van der Waals surface area contributed by atoms with E-state index in [4.69, 9.17) is 21.1 Å². The summed E-state index contributed by atoms with van der Waals surface area (Å²) in [5.41, 5.74) is 1.58. The van der Waals surface area contributed by atoms with Gasteiger partial charge in [-0.3, -0.25) is 4.79 Å². The molecule has 0 aromatic heterocycles. The fourth-order valence-corrected chi connectivity index (χ4v) is 5.47. The number of hydrogen-bond donors (Lipinski definition) is 1. The number of rotatable bonds is 6. The van der Waals surface area contributed by atoms with Gasteiger partial charge in [-0.15, -0.1) is 0 Å². The van der Waals surface area contributed by atoms with E-state index in [1.165, 1.54) is 4.31 Å². The molecule has 7 nitrogen and oxygen atoms in total. The van der Waals surface area contributed by atoms with Crippen LogP contribution in [0.1, 0.15) is 24.0 Å². The molecule has 0 unspecified atom stereocenters. The predicted molar refractivity (Wildman–Crippen MR) is 113 cm³/mol. The maximum atomic E-state index is 12.7. The maximum Gasteiger partial charge on any atom is 0.231 e. The van der Waals surface area contributed by atoms with Crippen LogP contribution in [0.25, 0.3) is 0 Å². The lowest BCUT2D eigenvalue weighted by Gasteiger charge is -2.30. The number of carbonyl (C=O) groups excluding carboxylic acids is 1. The van der Waals surface area contributed by atoms with Crippen molar-refractivity contribution in [1.29, 1.82) is 0 Å². The van der Waals surface area contributed by atoms with Crippen LogP contribution in [0.3, 0.4) is 0 Å². The van der Waals surface area contributed by atoms with Gasteiger partial charge in [-0.2, -0.15) is 0 Å². The summed E-state index contributed by atoms with van der Waals surface area (Å²) in [6, 6.07) is 12.4. The van der Waals surface area contributed by atoms with Crippen molar-refractivity contribution in [3.05, 3.63) is 58.6 Å². The Labute approximate surface area is 181 Å². The zero-order chi connectivity index (χ0) is 21.1. The molecule has 0 radical (unpaired) electrons. The number of hydrogen-bond acceptors (Lipinski definition) is 5. The Kier molecular flexibility index (Phi) is 6.17. The molecule has 9 heteroatoms. The van der Waals surface area contributed by atoms with Gasteiger partial charge in [-0.25, -0.2) is 12.7 Å². The third kappa shape index (κ3) is 4.88. The standard InChI is InChI=1S/C21H23ClN2O5S/c22-18-3-1-2-16(10-18)13-30(26,27)24-8-6-17(7-9-24)21(25)23-12-15-4-5-19-20(11-15)29-14-28-19/h1-5,10-11,17H,6-9,12-14H2,(H,23,25). The molecule has 30 heavy (non-hydrogen) atoms. The van der Waals surface area contributed by atoms with Crippen LogP contribution in [0.2, 0.25) is 5.02 Å². The highest BCUT2D eigenvalue weighted by atomic mass is 35.5. The minimum atomic E-state index is -3.45. The SMILES string of the molecule is O=C(NCc1ccc2c(c1)OCO2)C1CCN(S(=O)(=O)Cc2cccc(Cl)c2)CC1. The normalized spacial score (nSPS) is 17.1. The monoisotopic (exact) mass is 450 g/mol. The molecule has 2 aromatic carbocycles. The first-order chi connectivity index (χ1) is 14.4. The minimum absolute atomic E-state index is 0.0560. The molecule has 0 saturated carbocycles. The fraction of sp³-hybridized carbons (Fsp3) is 0.381. The van der Waals surface area contributed by atoms with Crippen molar-refractivity contribution in [2.75, 3.05) is 19.9 Å². The molecular formula is C21H23ClN2O5S. The highest BCUT2D eigenvalue weighted by molar-refractivity contribution is 7.88. The molecule has 1 fully saturated rings. The molecule has 2 aliphatic rings. The Morgan fingerprint density at radius 3 is 2.60 bits per heavy atom. The number of carbonyl (C=O) groups is 1. The molecule has 0 spiro atoms. The molecule has 2 aliphatic heterocycles. The second-order valence-corrected chi connectivity index (χ2v) is 9.87. The van der Waals surface area contributed by atoms with Crippen LogP contribution in [-0.4, -0.2) is 38.5 Å². The summed E-state index contributed by atoms with van der Waals surface area (Å²) >= 11 is 5.95. The van der Waals surface area contributed by atoms with Crippen LogP contribution in [0, 0.1) is 5.92 Å². The summed E-state index contributed by atoms with van der Waals surface area (Å²) < 4.78 is 37.5. The van der Waals surface area contributed by atoms with Crippen molar-refractivity contribution in [3.8, 4) is 11.5 Å². The van der Waals surface area contributed by atoms with E-state index in [-0.39, 0.29) is 24.4 Å². The number of ether oxygens (including phenoxy) is 2. The van der Waals surface area contributed by atoms with E-state index in [1.54, 1.807) is 24.3 Å². The molecule has 0 atom stereocenters. The Bertz CT molecular complexity index is 1040. The van der Waals surface area contributed by atoms with Gasteiger partial charge in [0.15, 0.2) is 11.5 Å². The third-order valence-corrected chi connectivity index (χ3v) is 7.45. The summed E-state index contributed by atoms with van der Waals surface area (Å²) in [5, 5.41) is 3.46. The number of nitrogens with zero attached hydrogens (tertiary/aromatic N) is 1. The molecular weight excluding hydrogens is 428 g/mol. The third-order valence-electron chi connectivity index (χ3n) is 5.36. The number of halogens is 1. The molecule has 4 rings (SSSR count). The van der Waals surface area contributed by atoms with Crippen LogP contribution in [0.4, 0.5) is 0 Å². The molecule has 2 heterocycles. The van der Waals surface area contributed by atoms with Gasteiger partial charge in [-0.05, 0) is 48.2 Å². The van der Waals surface area contributed by atoms with Crippen molar-refractivity contribution >= 4 is 27.5 Å². The van der Waals surface area contributed by atoms with Gasteiger partial charge in [-0.1, -0.05) is 29.8 Å². The van der Waals surface area contributed by atoms with E-state index in [2.05, 4.69) is 5.32 Å². The molecule has 1 N–H and O–H groups in total. The number of benzene rings is 2. The smallest absolute Gasteiger partial charge is 0.231 e. The molecule has 160 valence electrons. The number of fused-ring (bicyclic) bond motifs is 1. The van der Waals surface area contributed by atoms with Crippen molar-refractivity contribution in [2.45, 2.75) is 25.1 Å². The summed E-state index contributed by atoms with van der Waals surface area (Å²) in [6.07, 6.45) is 1.00. The lowest BCUT2D eigenvalue weighted by molar-refractivity contribution is -0.126. The summed E-state index contributed by atoms with van der Waals surface area (Å²) in [7, 11) is -3.45. The van der Waals surface area contributed by atoms with Gasteiger partial charge in [0.2, 0.25) is 22.7 Å². The Balaban J connectivity index is 1.28. The lowest BCUT2D eigenvalue weighted by Crippen LogP contribution is -2.43. The number of sulfonamides is 1. The van der Waals surface area contributed by atoms with Crippen LogP contribution in [-0.2, 0) is 27.1 Å². The second kappa shape index (κ2) is 8.83. The Morgan fingerprint density at radius 1 is 1.07 bits per heavy atom. The summed E-state index contributed by atoms with van der Waals surface area (Å²) in [5.74, 6) is 1.04. The fourth-order valence-electron chi connectivity index (χ4n) is 3.71. The zero-order valence-corrected chi connectivity index (χ0v) is 17.9. The molecule has 2 aromatic rings. The van der Waals surface area contributed by atoms with Crippen LogP contribution >= 0.6 is 11.6 Å². The van der Waals surface area contributed by atoms with E-state index in [0.29, 0.717) is 54.6 Å². The molecule has 0 bridgehead atoms. The van der Waals surface area contributed by atoms with E-state index in [1.807, 2.05) is 18.2 Å². The van der Waals surface area contributed by atoms with Gasteiger partial charge < -0.3 is 14.8 Å². The zero-order valence-electron chi connectivity index (χ0n) is 16.3. The minimum Gasteiger partial charge on any atom is -0.454 e. The van der Waals surface area contributed by atoms with Crippen molar-refractivity contribution in [3.63, 3.8) is 0 Å². The van der Waals surface area contributed by atoms with E-state index in [0.717, 1.165) is 5.56 Å². The highest BCUT2D eigenvalue weighted by Gasteiger charge is 2.31. The lowest BCUT2D eigenvalue weighted by atomic mass is 9.97. The van der Waals surface area contributed by atoms with Crippen LogP contribution in [0.15, 0.2) is 42.5 Å². The first-order valence-corrected chi connectivity index (χ1v) is 11.8. The molecule has 1 saturated heterocycles. The molecule has 0 aliphatic carbocycles. The van der Waals surface area contributed by atoms with E-state index in [9.17, 15) is 13.2 Å². The van der Waals surface area contributed by atoms with Gasteiger partial charge in [0.25, 0.3) is 0 Å². The molecule has 1 amide bonds. The van der Waals surface area contributed by atoms with E-state index < -0.39 is 10.0 Å². The first-order valence-electron chi connectivity index (χ1n) is 9.79. The van der Waals surface area contributed by atoms with Gasteiger partial charge in [0.05, 0.1) is 5.75 Å². The van der Waals surface area contributed by atoms with Gasteiger partial charge in [0, 0.05) is 30.6 Å². The number of piperidine rings is 1. The van der Waals surface area contributed by atoms with Gasteiger partial charge >= 0.3 is 0 Å². The van der Waals surface area contributed by atoms with Crippen LogP contribution in [0.5, 0.6) is 11.5 Å². The number of amides is 1. The Hall–Kier alpha value is -2.29. The quantitative estimate of drug-likeness (QED) is 0.731. The topological polar surface area (TPSA) is 84.9 Å². The van der Waals surface area contributed by atoms with Gasteiger partial charge in [0.1, 0.15) is 0 Å². The maximum absolute atomic E-state index is 12.7. The summed E-state index contributed by atoms with van der Waals surface area (Å²) in [4.78, 5) is 12.5. The van der Waals surface area contributed by atoms with E-state index >= 15 is 0 Å². The second-order valence-electron chi connectivity index (χ2n) is 7.46. The number of nitrogens with one attached hydrogen (secondary N) is 1. The highest BCUT2D eigenvalue weighted by Crippen LogP contribution is 2.32. The first kappa shape index (κ1) is 21.0. The summed E-state index contributed by atoms with van der Waals surface area (Å²) in [6.45, 7) is 1.28. The average molecular weight is 451 g/mol. The largest absolute Gasteiger partial charge is 0.454 e. The van der Waals surface area contributed by atoms with Crippen molar-refractivity contribution in [1.82, 2.24) is 9.62 Å².